The SMILES string of the molecule is CN(Cc1ccccc1)C(=O)Nc1ccc(-c2nc(CS(C)(O)O)cc(N3CCOCC3)n2)cc1. The number of anilines is 2. The standard InChI is InChI=1S/C25H31N5O4S/c1-29(17-19-6-4-3-5-7-19)25(31)27-21-10-8-20(9-11-21)24-26-22(18-35(2,32)33)16-23(28-24)30-12-14-34-15-13-30/h3-11,16,32-33H,12-15,17-18H2,1-2H3,(H,27,31). The van der Waals surface area contributed by atoms with Gasteiger partial charge in [0, 0.05) is 50.3 Å². The second-order valence-corrected chi connectivity index (χ2v) is 10.9. The molecule has 35 heavy (non-hydrogen) atoms. The minimum atomic E-state index is -2.76. The monoisotopic (exact) mass is 497 g/mol. The number of urea groups is 1. The van der Waals surface area contributed by atoms with E-state index in [0.717, 1.165) is 16.9 Å². The van der Waals surface area contributed by atoms with E-state index in [0.29, 0.717) is 50.1 Å². The van der Waals surface area contributed by atoms with Crippen LogP contribution in [0.2, 0.25) is 0 Å². The first-order valence-corrected chi connectivity index (χ1v) is 13.5. The Bertz CT molecular complexity index is 1130. The minimum Gasteiger partial charge on any atom is -0.378 e. The van der Waals surface area contributed by atoms with Crippen LogP contribution in [0.4, 0.5) is 16.3 Å². The van der Waals surface area contributed by atoms with E-state index in [1.165, 1.54) is 6.26 Å². The summed E-state index contributed by atoms with van der Waals surface area (Å²) in [7, 11) is -1.01. The van der Waals surface area contributed by atoms with Crippen LogP contribution in [-0.2, 0) is 17.0 Å². The molecule has 0 bridgehead atoms. The fourth-order valence-electron chi connectivity index (χ4n) is 3.77. The maximum atomic E-state index is 12.6. The highest BCUT2D eigenvalue weighted by Crippen LogP contribution is 2.38. The largest absolute Gasteiger partial charge is 0.378 e. The predicted octanol–water partition coefficient (Wildman–Crippen LogP) is 4.52. The van der Waals surface area contributed by atoms with E-state index in [4.69, 9.17) is 9.72 Å². The van der Waals surface area contributed by atoms with Gasteiger partial charge >= 0.3 is 6.03 Å². The number of morpholine rings is 1. The van der Waals surface area contributed by atoms with E-state index in [1.807, 2.05) is 60.7 Å². The van der Waals surface area contributed by atoms with Gasteiger partial charge in [0.05, 0.1) is 24.7 Å². The Morgan fingerprint density at radius 1 is 1.09 bits per heavy atom. The van der Waals surface area contributed by atoms with Crippen molar-refractivity contribution in [1.82, 2.24) is 14.9 Å². The van der Waals surface area contributed by atoms with Crippen molar-refractivity contribution in [2.75, 3.05) is 49.8 Å². The van der Waals surface area contributed by atoms with Gasteiger partial charge in [0.25, 0.3) is 0 Å². The first-order chi connectivity index (χ1) is 16.8. The van der Waals surface area contributed by atoms with E-state index in [9.17, 15) is 13.9 Å². The third kappa shape index (κ3) is 7.15. The Kier molecular flexibility index (Phi) is 7.86. The van der Waals surface area contributed by atoms with E-state index in [-0.39, 0.29) is 11.8 Å². The number of nitrogens with one attached hydrogen (secondary N) is 1. The molecule has 2 amide bonds. The summed E-state index contributed by atoms with van der Waals surface area (Å²) < 4.78 is 25.4. The van der Waals surface area contributed by atoms with Gasteiger partial charge < -0.3 is 19.9 Å². The molecular weight excluding hydrogens is 466 g/mol. The molecule has 0 atom stereocenters. The summed E-state index contributed by atoms with van der Waals surface area (Å²) in [5.74, 6) is 1.28. The number of benzene rings is 2. The van der Waals surface area contributed by atoms with E-state index in [1.54, 1.807) is 11.9 Å². The number of rotatable bonds is 7. The summed E-state index contributed by atoms with van der Waals surface area (Å²) in [5, 5.41) is 2.91. The maximum absolute atomic E-state index is 12.6. The van der Waals surface area contributed by atoms with Gasteiger partial charge in [0.1, 0.15) is 5.82 Å². The van der Waals surface area contributed by atoms with Crippen molar-refractivity contribution in [3.05, 3.63) is 71.9 Å². The summed E-state index contributed by atoms with van der Waals surface area (Å²) >= 11 is 0. The van der Waals surface area contributed by atoms with E-state index >= 15 is 0 Å². The van der Waals surface area contributed by atoms with Crippen LogP contribution in [0, 0.1) is 0 Å². The average molecular weight is 498 g/mol. The minimum absolute atomic E-state index is 0.0573. The average Bonchev–Trinajstić information content (AvgIpc) is 2.84. The number of hydrogen-bond donors (Lipinski definition) is 3. The Morgan fingerprint density at radius 3 is 2.43 bits per heavy atom. The number of aromatic nitrogens is 2. The quantitative estimate of drug-likeness (QED) is 0.440. The molecule has 0 radical (unpaired) electrons. The molecule has 1 saturated heterocycles. The number of carbonyl (C=O) groups is 1. The molecule has 3 aromatic rings. The first-order valence-electron chi connectivity index (χ1n) is 11.3. The number of hydrogen-bond acceptors (Lipinski definition) is 7. The van der Waals surface area contributed by atoms with Crippen LogP contribution >= 0.6 is 10.6 Å². The summed E-state index contributed by atoms with van der Waals surface area (Å²) in [4.78, 5) is 25.6. The molecule has 2 aromatic carbocycles. The van der Waals surface area contributed by atoms with Gasteiger partial charge in [-0.25, -0.2) is 14.8 Å². The van der Waals surface area contributed by atoms with Gasteiger partial charge in [-0.05, 0) is 29.8 Å². The van der Waals surface area contributed by atoms with Crippen LogP contribution in [0.3, 0.4) is 0 Å². The van der Waals surface area contributed by atoms with E-state index in [2.05, 4.69) is 15.2 Å². The normalized spacial score (nSPS) is 14.5. The molecule has 2 heterocycles. The van der Waals surface area contributed by atoms with Gasteiger partial charge in [0.15, 0.2) is 5.82 Å². The van der Waals surface area contributed by atoms with Crippen molar-refractivity contribution >= 4 is 28.1 Å². The van der Waals surface area contributed by atoms with E-state index < -0.39 is 10.6 Å². The van der Waals surface area contributed by atoms with Crippen LogP contribution in [0.1, 0.15) is 11.3 Å². The lowest BCUT2D eigenvalue weighted by Gasteiger charge is -2.30. The molecule has 1 aliphatic rings. The molecule has 0 aliphatic carbocycles. The van der Waals surface area contributed by atoms with Gasteiger partial charge in [-0.15, -0.1) is 0 Å². The topological polar surface area (TPSA) is 111 Å². The molecule has 0 spiro atoms. The zero-order chi connectivity index (χ0) is 24.8. The number of ether oxygens (including phenoxy) is 1. The molecule has 1 aliphatic heterocycles. The summed E-state index contributed by atoms with van der Waals surface area (Å²) in [6.07, 6.45) is 1.41. The van der Waals surface area contributed by atoms with Crippen LogP contribution < -0.4 is 10.2 Å². The Balaban J connectivity index is 1.50. The van der Waals surface area contributed by atoms with Gasteiger partial charge in [-0.1, -0.05) is 30.3 Å². The van der Waals surface area contributed by atoms with Crippen LogP contribution in [0.15, 0.2) is 60.7 Å². The smallest absolute Gasteiger partial charge is 0.321 e. The molecule has 0 unspecified atom stereocenters. The molecular formula is C25H31N5O4S. The van der Waals surface area contributed by atoms with Crippen molar-refractivity contribution in [3.63, 3.8) is 0 Å². The van der Waals surface area contributed by atoms with Gasteiger partial charge in [-0.3, -0.25) is 9.11 Å². The molecule has 1 aromatic heterocycles. The Labute approximate surface area is 207 Å². The fraction of sp³-hybridized carbons (Fsp3) is 0.320. The second-order valence-electron chi connectivity index (χ2n) is 8.63. The lowest BCUT2D eigenvalue weighted by molar-refractivity contribution is 0.122. The lowest BCUT2D eigenvalue weighted by Crippen LogP contribution is -2.37. The lowest BCUT2D eigenvalue weighted by atomic mass is 10.2. The summed E-state index contributed by atoms with van der Waals surface area (Å²) in [6, 6.07) is 18.7. The second kappa shape index (κ2) is 11.0. The number of nitrogens with zero attached hydrogens (tertiary/aromatic N) is 4. The molecule has 186 valence electrons. The van der Waals surface area contributed by atoms with Crippen molar-refractivity contribution in [2.24, 2.45) is 0 Å². The zero-order valence-corrected chi connectivity index (χ0v) is 20.7. The number of amides is 2. The molecule has 0 saturated carbocycles. The van der Waals surface area contributed by atoms with Crippen molar-refractivity contribution < 1.29 is 18.6 Å². The van der Waals surface area contributed by atoms with Crippen LogP contribution in [0.5, 0.6) is 0 Å². The van der Waals surface area contributed by atoms with Crippen molar-refractivity contribution in [3.8, 4) is 11.4 Å². The molecule has 4 rings (SSSR count). The highest BCUT2D eigenvalue weighted by atomic mass is 32.3. The Hall–Kier alpha value is -3.18. The summed E-state index contributed by atoms with van der Waals surface area (Å²) in [5.41, 5.74) is 3.05. The van der Waals surface area contributed by atoms with Crippen molar-refractivity contribution in [1.29, 1.82) is 0 Å². The molecule has 9 nitrogen and oxygen atoms in total. The summed E-state index contributed by atoms with van der Waals surface area (Å²) in [6.45, 7) is 3.15. The van der Waals surface area contributed by atoms with Gasteiger partial charge in [-0.2, -0.15) is 10.6 Å². The third-order valence-corrected chi connectivity index (χ3v) is 6.37. The maximum Gasteiger partial charge on any atom is 0.321 e. The Morgan fingerprint density at radius 2 is 1.77 bits per heavy atom. The highest BCUT2D eigenvalue weighted by molar-refractivity contribution is 8.23. The molecule has 10 heteroatoms. The van der Waals surface area contributed by atoms with Crippen LogP contribution in [0.25, 0.3) is 11.4 Å². The molecule has 3 N–H and O–H groups in total. The molecule has 1 fully saturated rings. The third-order valence-electron chi connectivity index (χ3n) is 5.53. The zero-order valence-electron chi connectivity index (χ0n) is 19.9. The highest BCUT2D eigenvalue weighted by Gasteiger charge is 2.18. The predicted molar refractivity (Wildman–Crippen MR) is 140 cm³/mol. The van der Waals surface area contributed by atoms with Crippen molar-refractivity contribution in [2.45, 2.75) is 12.3 Å². The van der Waals surface area contributed by atoms with Crippen LogP contribution in [-0.4, -0.2) is 69.6 Å². The van der Waals surface area contributed by atoms with Gasteiger partial charge in [0.2, 0.25) is 0 Å². The number of carbonyl (C=O) groups excluding carboxylic acids is 1. The fourth-order valence-corrected chi connectivity index (χ4v) is 4.48. The first kappa shape index (κ1) is 24.9.